The Balaban J connectivity index is 2.06. The molecule has 0 saturated carbocycles. The molecular weight excluding hydrogens is 232 g/mol. The summed E-state index contributed by atoms with van der Waals surface area (Å²) < 4.78 is 0. The minimum atomic E-state index is 0.541. The molecule has 0 aliphatic carbocycles. The van der Waals surface area contributed by atoms with Gasteiger partial charge in [-0.15, -0.1) is 0 Å². The average molecular weight is 253 g/mol. The van der Waals surface area contributed by atoms with E-state index in [4.69, 9.17) is 11.6 Å². The number of likely N-dealkylation sites (tertiary alicyclic amines) is 1. The lowest BCUT2D eigenvalue weighted by Crippen LogP contribution is -2.42. The van der Waals surface area contributed by atoms with Crippen molar-refractivity contribution in [3.05, 3.63) is 28.8 Å². The summed E-state index contributed by atoms with van der Waals surface area (Å²) in [5.41, 5.74) is 2.33. The van der Waals surface area contributed by atoms with Crippen LogP contribution >= 0.6 is 11.6 Å². The monoisotopic (exact) mass is 252 g/mol. The summed E-state index contributed by atoms with van der Waals surface area (Å²) in [4.78, 5) is 2.41. The first kappa shape index (κ1) is 12.7. The number of hydrogen-bond acceptors (Lipinski definition) is 2. The number of benzene rings is 1. The minimum Gasteiger partial charge on any atom is -0.381 e. The van der Waals surface area contributed by atoms with Crippen LogP contribution in [0.15, 0.2) is 18.2 Å². The van der Waals surface area contributed by atoms with Crippen LogP contribution < -0.4 is 5.32 Å². The standard InChI is InChI=1S/C14H21ClN2/c1-10-5-4-6-13(15)14(10)16-12-7-8-17(3)11(2)9-12/h4-6,11-12,16H,7-9H2,1-3H3. The van der Waals surface area contributed by atoms with Gasteiger partial charge in [0.25, 0.3) is 0 Å². The van der Waals surface area contributed by atoms with Crippen molar-refractivity contribution >= 4 is 17.3 Å². The van der Waals surface area contributed by atoms with Gasteiger partial charge in [0, 0.05) is 18.6 Å². The van der Waals surface area contributed by atoms with Crippen LogP contribution in [0.25, 0.3) is 0 Å². The van der Waals surface area contributed by atoms with E-state index in [1.54, 1.807) is 0 Å². The molecule has 2 atom stereocenters. The molecule has 1 heterocycles. The van der Waals surface area contributed by atoms with E-state index in [0.29, 0.717) is 12.1 Å². The molecule has 1 aliphatic heterocycles. The number of nitrogens with zero attached hydrogens (tertiary/aromatic N) is 1. The summed E-state index contributed by atoms with van der Waals surface area (Å²) >= 11 is 6.24. The van der Waals surface area contributed by atoms with Gasteiger partial charge in [0.1, 0.15) is 0 Å². The lowest BCUT2D eigenvalue weighted by Gasteiger charge is -2.36. The first-order valence-electron chi connectivity index (χ1n) is 6.30. The van der Waals surface area contributed by atoms with Crippen LogP contribution in [-0.2, 0) is 0 Å². The quantitative estimate of drug-likeness (QED) is 0.866. The van der Waals surface area contributed by atoms with E-state index in [1.807, 2.05) is 12.1 Å². The Labute approximate surface area is 109 Å². The third kappa shape index (κ3) is 2.93. The molecule has 0 spiro atoms. The molecular formula is C14H21ClN2. The number of anilines is 1. The fourth-order valence-corrected chi connectivity index (χ4v) is 2.72. The van der Waals surface area contributed by atoms with E-state index in [9.17, 15) is 0 Å². The van der Waals surface area contributed by atoms with Crippen molar-refractivity contribution in [3.8, 4) is 0 Å². The predicted octanol–water partition coefficient (Wildman–Crippen LogP) is 3.54. The number of hydrogen-bond donors (Lipinski definition) is 1. The summed E-state index contributed by atoms with van der Waals surface area (Å²) in [6, 6.07) is 7.24. The molecule has 17 heavy (non-hydrogen) atoms. The van der Waals surface area contributed by atoms with Crippen molar-refractivity contribution in [2.75, 3.05) is 18.9 Å². The molecule has 0 aromatic heterocycles. The molecule has 3 heteroatoms. The molecule has 1 aromatic carbocycles. The van der Waals surface area contributed by atoms with Gasteiger partial charge in [-0.1, -0.05) is 23.7 Å². The first-order chi connectivity index (χ1) is 8.08. The summed E-state index contributed by atoms with van der Waals surface area (Å²) in [5, 5.41) is 4.44. The lowest BCUT2D eigenvalue weighted by atomic mass is 9.98. The molecule has 1 fully saturated rings. The van der Waals surface area contributed by atoms with Gasteiger partial charge in [-0.2, -0.15) is 0 Å². The maximum atomic E-state index is 6.24. The van der Waals surface area contributed by atoms with Crippen LogP contribution in [0.2, 0.25) is 5.02 Å². The summed E-state index contributed by atoms with van der Waals surface area (Å²) in [5.74, 6) is 0. The number of rotatable bonds is 2. The van der Waals surface area contributed by atoms with Gasteiger partial charge in [0.2, 0.25) is 0 Å². The Hall–Kier alpha value is -0.730. The topological polar surface area (TPSA) is 15.3 Å². The normalized spacial score (nSPS) is 25.9. The van der Waals surface area contributed by atoms with Gasteiger partial charge in [0.05, 0.1) is 10.7 Å². The highest BCUT2D eigenvalue weighted by atomic mass is 35.5. The van der Waals surface area contributed by atoms with Crippen molar-refractivity contribution in [2.24, 2.45) is 0 Å². The Kier molecular flexibility index (Phi) is 3.95. The molecule has 1 aliphatic rings. The average Bonchev–Trinajstić information content (AvgIpc) is 2.28. The smallest absolute Gasteiger partial charge is 0.0640 e. The van der Waals surface area contributed by atoms with E-state index in [0.717, 1.165) is 17.3 Å². The second kappa shape index (κ2) is 5.28. The zero-order chi connectivity index (χ0) is 12.4. The molecule has 0 bridgehead atoms. The highest BCUT2D eigenvalue weighted by Gasteiger charge is 2.23. The second-order valence-corrected chi connectivity index (χ2v) is 5.53. The van der Waals surface area contributed by atoms with E-state index in [-0.39, 0.29) is 0 Å². The molecule has 1 saturated heterocycles. The summed E-state index contributed by atoms with van der Waals surface area (Å²) in [6.45, 7) is 5.54. The van der Waals surface area contributed by atoms with Crippen molar-refractivity contribution in [3.63, 3.8) is 0 Å². The third-order valence-corrected chi connectivity index (χ3v) is 4.09. The SMILES string of the molecule is Cc1cccc(Cl)c1NC1CCN(C)C(C)C1. The second-order valence-electron chi connectivity index (χ2n) is 5.13. The first-order valence-corrected chi connectivity index (χ1v) is 6.67. The molecule has 0 radical (unpaired) electrons. The van der Waals surface area contributed by atoms with Crippen molar-refractivity contribution in [1.29, 1.82) is 0 Å². The Morgan fingerprint density at radius 2 is 2.18 bits per heavy atom. The predicted molar refractivity (Wildman–Crippen MR) is 74.9 cm³/mol. The molecule has 2 unspecified atom stereocenters. The van der Waals surface area contributed by atoms with E-state index >= 15 is 0 Å². The fraction of sp³-hybridized carbons (Fsp3) is 0.571. The number of halogens is 1. The van der Waals surface area contributed by atoms with Crippen LogP contribution in [0.1, 0.15) is 25.3 Å². The van der Waals surface area contributed by atoms with Crippen LogP contribution in [-0.4, -0.2) is 30.6 Å². The Bertz CT molecular complexity index is 372. The van der Waals surface area contributed by atoms with Gasteiger partial charge >= 0.3 is 0 Å². The molecule has 94 valence electrons. The van der Waals surface area contributed by atoms with Crippen LogP contribution in [0.4, 0.5) is 5.69 Å². The van der Waals surface area contributed by atoms with Crippen molar-refractivity contribution < 1.29 is 0 Å². The number of para-hydroxylation sites is 1. The fourth-order valence-electron chi connectivity index (χ4n) is 2.44. The van der Waals surface area contributed by atoms with Gasteiger partial charge in [-0.05, 0) is 45.4 Å². The largest absolute Gasteiger partial charge is 0.381 e. The number of piperidine rings is 1. The zero-order valence-electron chi connectivity index (χ0n) is 10.8. The molecule has 0 amide bonds. The lowest BCUT2D eigenvalue weighted by molar-refractivity contribution is 0.190. The maximum absolute atomic E-state index is 6.24. The Morgan fingerprint density at radius 1 is 1.41 bits per heavy atom. The minimum absolute atomic E-state index is 0.541. The third-order valence-electron chi connectivity index (χ3n) is 3.78. The van der Waals surface area contributed by atoms with Gasteiger partial charge in [-0.25, -0.2) is 0 Å². The molecule has 1 N–H and O–H groups in total. The number of nitrogens with one attached hydrogen (secondary N) is 1. The molecule has 2 rings (SSSR count). The highest BCUT2D eigenvalue weighted by molar-refractivity contribution is 6.33. The zero-order valence-corrected chi connectivity index (χ0v) is 11.6. The van der Waals surface area contributed by atoms with Gasteiger partial charge in [-0.3, -0.25) is 0 Å². The maximum Gasteiger partial charge on any atom is 0.0640 e. The van der Waals surface area contributed by atoms with Crippen LogP contribution in [0.3, 0.4) is 0 Å². The Morgan fingerprint density at radius 3 is 2.82 bits per heavy atom. The van der Waals surface area contributed by atoms with E-state index in [2.05, 4.69) is 37.2 Å². The van der Waals surface area contributed by atoms with E-state index < -0.39 is 0 Å². The number of aryl methyl sites for hydroxylation is 1. The van der Waals surface area contributed by atoms with Crippen LogP contribution in [0.5, 0.6) is 0 Å². The highest BCUT2D eigenvalue weighted by Crippen LogP contribution is 2.28. The van der Waals surface area contributed by atoms with E-state index in [1.165, 1.54) is 18.4 Å². The molecule has 2 nitrogen and oxygen atoms in total. The molecule has 1 aromatic rings. The van der Waals surface area contributed by atoms with Crippen LogP contribution in [0, 0.1) is 6.92 Å². The summed E-state index contributed by atoms with van der Waals surface area (Å²) in [7, 11) is 2.20. The van der Waals surface area contributed by atoms with Crippen molar-refractivity contribution in [2.45, 2.75) is 38.8 Å². The van der Waals surface area contributed by atoms with Crippen molar-refractivity contribution in [1.82, 2.24) is 4.90 Å². The van der Waals surface area contributed by atoms with Gasteiger partial charge in [0.15, 0.2) is 0 Å². The summed E-state index contributed by atoms with van der Waals surface area (Å²) in [6.07, 6.45) is 2.37. The van der Waals surface area contributed by atoms with Gasteiger partial charge < -0.3 is 10.2 Å².